The fourth-order valence-corrected chi connectivity index (χ4v) is 3.51. The van der Waals surface area contributed by atoms with Crippen LogP contribution >= 0.6 is 17.3 Å². The quantitative estimate of drug-likeness (QED) is 0.581. The maximum atomic E-state index is 5.22. The van der Waals surface area contributed by atoms with E-state index in [0.717, 1.165) is 28.3 Å². The van der Waals surface area contributed by atoms with Gasteiger partial charge in [-0.15, -0.1) is 0 Å². The Hall–Kier alpha value is -0.0400. The summed E-state index contributed by atoms with van der Waals surface area (Å²) >= 11 is 0. The summed E-state index contributed by atoms with van der Waals surface area (Å²) in [7, 11) is 1.58. The zero-order chi connectivity index (χ0) is 11.5. The first-order valence-corrected chi connectivity index (χ1v) is 8.17. The number of hydrogen-bond donors (Lipinski definition) is 1. The molecule has 5 heteroatoms. The van der Waals surface area contributed by atoms with E-state index in [9.17, 15) is 0 Å². The third-order valence-corrected chi connectivity index (χ3v) is 5.19. The van der Waals surface area contributed by atoms with Crippen molar-refractivity contribution in [1.82, 2.24) is 5.09 Å². The van der Waals surface area contributed by atoms with Crippen molar-refractivity contribution in [2.24, 2.45) is 0 Å². The molecule has 92 valence electrons. The largest absolute Gasteiger partial charge is 0.373 e. The molecular formula is C12H17NO2P2. The van der Waals surface area contributed by atoms with Gasteiger partial charge in [-0.3, -0.25) is 5.09 Å². The van der Waals surface area contributed by atoms with E-state index in [1.54, 1.807) is 0 Å². The molecule has 0 aliphatic carbocycles. The van der Waals surface area contributed by atoms with Crippen molar-refractivity contribution in [1.29, 1.82) is 0 Å². The minimum absolute atomic E-state index is 0.474. The van der Waals surface area contributed by atoms with Gasteiger partial charge in [-0.05, 0) is 25.5 Å². The standard InChI is InChI=1S/C12H17NO2P2/c1-3-12(17-13-5-9-6-14-9)4-2-11(1)16-8-10-7-15-10/h1-4,9-10,13,16-17H,5-8H2. The Labute approximate surface area is 105 Å². The van der Waals surface area contributed by atoms with Gasteiger partial charge in [0.1, 0.15) is 0 Å². The van der Waals surface area contributed by atoms with Gasteiger partial charge < -0.3 is 9.47 Å². The third-order valence-electron chi connectivity index (χ3n) is 2.79. The second-order valence-corrected chi connectivity index (χ2v) is 6.89. The summed E-state index contributed by atoms with van der Waals surface area (Å²) in [6.07, 6.45) is 2.22. The highest BCUT2D eigenvalue weighted by molar-refractivity contribution is 7.47. The zero-order valence-electron chi connectivity index (χ0n) is 9.61. The van der Waals surface area contributed by atoms with E-state index in [2.05, 4.69) is 29.4 Å². The molecule has 4 atom stereocenters. The van der Waals surface area contributed by atoms with Gasteiger partial charge in [-0.25, -0.2) is 0 Å². The smallest absolute Gasteiger partial charge is 0.0937 e. The Morgan fingerprint density at radius 2 is 1.71 bits per heavy atom. The molecule has 3 rings (SSSR count). The van der Waals surface area contributed by atoms with Crippen LogP contribution in [-0.4, -0.2) is 38.1 Å². The SMILES string of the molecule is c1cc(PNCC2CO2)ccc1PCC1CO1. The molecule has 2 fully saturated rings. The molecule has 3 nitrogen and oxygen atoms in total. The van der Waals surface area contributed by atoms with E-state index in [1.165, 1.54) is 16.8 Å². The number of epoxide rings is 2. The zero-order valence-corrected chi connectivity index (χ0v) is 11.6. The number of nitrogens with one attached hydrogen (secondary N) is 1. The number of ether oxygens (including phenoxy) is 2. The van der Waals surface area contributed by atoms with Gasteiger partial charge in [0.05, 0.1) is 25.4 Å². The normalized spacial score (nSPS) is 27.3. The summed E-state index contributed by atoms with van der Waals surface area (Å²) in [6, 6.07) is 8.96. The van der Waals surface area contributed by atoms with Crippen molar-refractivity contribution < 1.29 is 9.47 Å². The molecule has 1 N–H and O–H groups in total. The first-order chi connectivity index (χ1) is 8.40. The van der Waals surface area contributed by atoms with Crippen LogP contribution in [0.4, 0.5) is 0 Å². The van der Waals surface area contributed by atoms with E-state index in [-0.39, 0.29) is 0 Å². The van der Waals surface area contributed by atoms with Crippen LogP contribution in [0, 0.1) is 0 Å². The molecule has 17 heavy (non-hydrogen) atoms. The lowest BCUT2D eigenvalue weighted by atomic mass is 10.4. The van der Waals surface area contributed by atoms with Gasteiger partial charge in [0.25, 0.3) is 0 Å². The molecule has 0 radical (unpaired) electrons. The van der Waals surface area contributed by atoms with Crippen molar-refractivity contribution in [2.45, 2.75) is 12.2 Å². The Bertz CT molecular complexity index is 363. The third kappa shape index (κ3) is 4.28. The summed E-state index contributed by atoms with van der Waals surface area (Å²) in [5.41, 5.74) is 0. The molecule has 2 heterocycles. The molecule has 0 amide bonds. The van der Waals surface area contributed by atoms with E-state index in [4.69, 9.17) is 9.47 Å². The predicted molar refractivity (Wildman–Crippen MR) is 74.7 cm³/mol. The summed E-state index contributed by atoms with van der Waals surface area (Å²) in [4.78, 5) is 0. The summed E-state index contributed by atoms with van der Waals surface area (Å²) < 4.78 is 10.4. The summed E-state index contributed by atoms with van der Waals surface area (Å²) in [5, 5.41) is 6.25. The highest BCUT2D eigenvalue weighted by Crippen LogP contribution is 2.20. The van der Waals surface area contributed by atoms with E-state index >= 15 is 0 Å². The van der Waals surface area contributed by atoms with Gasteiger partial charge in [-0.1, -0.05) is 32.8 Å². The monoisotopic (exact) mass is 269 g/mol. The maximum Gasteiger partial charge on any atom is 0.0937 e. The summed E-state index contributed by atoms with van der Waals surface area (Å²) in [6.45, 7) is 2.89. The molecule has 2 aliphatic heterocycles. The van der Waals surface area contributed by atoms with Crippen LogP contribution in [0.3, 0.4) is 0 Å². The Morgan fingerprint density at radius 3 is 2.35 bits per heavy atom. The van der Waals surface area contributed by atoms with Gasteiger partial charge in [0.15, 0.2) is 0 Å². The van der Waals surface area contributed by atoms with Crippen LogP contribution in [0.15, 0.2) is 24.3 Å². The highest BCUT2D eigenvalue weighted by atomic mass is 31.1. The van der Waals surface area contributed by atoms with E-state index < -0.39 is 0 Å². The minimum atomic E-state index is 0.474. The Kier molecular flexibility index (Phi) is 4.05. The van der Waals surface area contributed by atoms with E-state index in [0.29, 0.717) is 20.9 Å². The Morgan fingerprint density at radius 1 is 1.06 bits per heavy atom. The lowest BCUT2D eigenvalue weighted by Gasteiger charge is -2.04. The average molecular weight is 269 g/mol. The van der Waals surface area contributed by atoms with Gasteiger partial charge in [0.2, 0.25) is 0 Å². The first kappa shape index (κ1) is 12.0. The number of hydrogen-bond acceptors (Lipinski definition) is 3. The molecule has 0 bridgehead atoms. The number of benzene rings is 1. The number of rotatable bonds is 7. The maximum absolute atomic E-state index is 5.22. The van der Waals surface area contributed by atoms with Crippen LogP contribution in [0.5, 0.6) is 0 Å². The lowest BCUT2D eigenvalue weighted by molar-refractivity contribution is 0.409. The molecule has 2 saturated heterocycles. The van der Waals surface area contributed by atoms with Crippen LogP contribution in [-0.2, 0) is 9.47 Å². The fraction of sp³-hybridized carbons (Fsp3) is 0.500. The van der Waals surface area contributed by atoms with Gasteiger partial charge >= 0.3 is 0 Å². The van der Waals surface area contributed by atoms with Crippen molar-refractivity contribution in [3.8, 4) is 0 Å². The highest BCUT2D eigenvalue weighted by Gasteiger charge is 2.22. The molecular weight excluding hydrogens is 252 g/mol. The summed E-state index contributed by atoms with van der Waals surface area (Å²) in [5.74, 6) is 0. The Balaban J connectivity index is 1.41. The molecule has 0 saturated carbocycles. The predicted octanol–water partition coefficient (Wildman–Crippen LogP) is 0.596. The first-order valence-electron chi connectivity index (χ1n) is 5.96. The van der Waals surface area contributed by atoms with Crippen LogP contribution in [0.1, 0.15) is 0 Å². The molecule has 2 aliphatic rings. The molecule has 1 aromatic carbocycles. The van der Waals surface area contributed by atoms with Crippen molar-refractivity contribution in [3.05, 3.63) is 24.3 Å². The van der Waals surface area contributed by atoms with Crippen LogP contribution in [0.2, 0.25) is 0 Å². The second-order valence-electron chi connectivity index (χ2n) is 4.37. The topological polar surface area (TPSA) is 37.1 Å². The van der Waals surface area contributed by atoms with Crippen LogP contribution in [0.25, 0.3) is 0 Å². The molecule has 4 unspecified atom stereocenters. The molecule has 1 aromatic rings. The fourth-order valence-electron chi connectivity index (χ4n) is 1.54. The van der Waals surface area contributed by atoms with Crippen molar-refractivity contribution in [3.63, 3.8) is 0 Å². The average Bonchev–Trinajstić information content (AvgIpc) is 3.23. The van der Waals surface area contributed by atoms with Crippen LogP contribution < -0.4 is 15.7 Å². The van der Waals surface area contributed by atoms with Crippen molar-refractivity contribution >= 4 is 27.9 Å². The second kappa shape index (κ2) is 5.73. The minimum Gasteiger partial charge on any atom is -0.373 e. The lowest BCUT2D eigenvalue weighted by Crippen LogP contribution is -2.14. The van der Waals surface area contributed by atoms with E-state index in [1.807, 2.05) is 0 Å². The molecule has 0 aromatic heterocycles. The molecule has 0 spiro atoms. The van der Waals surface area contributed by atoms with Crippen molar-refractivity contribution in [2.75, 3.05) is 25.9 Å². The van der Waals surface area contributed by atoms with Gasteiger partial charge in [-0.2, -0.15) is 0 Å². The van der Waals surface area contributed by atoms with Gasteiger partial charge in [0, 0.05) is 6.54 Å².